The Labute approximate surface area is 183 Å². The highest BCUT2D eigenvalue weighted by molar-refractivity contribution is 5.94. The first-order valence-electron chi connectivity index (χ1n) is 11.0. The molecule has 1 N–H and O–H groups in total. The van der Waals surface area contributed by atoms with Crippen molar-refractivity contribution in [2.75, 3.05) is 19.6 Å². The minimum Gasteiger partial charge on any atom is -0.349 e. The van der Waals surface area contributed by atoms with Crippen molar-refractivity contribution >= 4 is 17.7 Å². The van der Waals surface area contributed by atoms with Crippen LogP contribution in [0, 0.1) is 12.8 Å². The Morgan fingerprint density at radius 3 is 2.35 bits per heavy atom. The molecule has 2 aliphatic heterocycles. The van der Waals surface area contributed by atoms with E-state index in [0.717, 1.165) is 18.4 Å². The van der Waals surface area contributed by atoms with Gasteiger partial charge in [-0.2, -0.15) is 0 Å². The normalized spacial score (nSPS) is 19.5. The zero-order valence-corrected chi connectivity index (χ0v) is 17.9. The van der Waals surface area contributed by atoms with Crippen LogP contribution in [0.3, 0.4) is 0 Å². The number of rotatable bonds is 5. The predicted molar refractivity (Wildman–Crippen MR) is 118 cm³/mol. The molecule has 0 aliphatic carbocycles. The summed E-state index contributed by atoms with van der Waals surface area (Å²) in [7, 11) is 0. The summed E-state index contributed by atoms with van der Waals surface area (Å²) >= 11 is 0. The van der Waals surface area contributed by atoms with Crippen LogP contribution in [-0.4, -0.2) is 53.2 Å². The fraction of sp³-hybridized carbons (Fsp3) is 0.400. The maximum atomic E-state index is 13.0. The van der Waals surface area contributed by atoms with Crippen molar-refractivity contribution < 1.29 is 14.4 Å². The third-order valence-corrected chi connectivity index (χ3v) is 6.24. The Morgan fingerprint density at radius 1 is 1.00 bits per heavy atom. The minimum atomic E-state index is -0.270. The number of carbonyl (C=O) groups excluding carboxylic acids is 3. The average molecular weight is 420 g/mol. The molecule has 162 valence electrons. The predicted octanol–water partition coefficient (Wildman–Crippen LogP) is 2.76. The number of benzene rings is 2. The molecule has 2 aliphatic rings. The van der Waals surface area contributed by atoms with Gasteiger partial charge in [-0.05, 0) is 37.5 Å². The summed E-state index contributed by atoms with van der Waals surface area (Å²) in [5.74, 6) is -0.233. The first-order chi connectivity index (χ1) is 15.0. The molecule has 0 spiro atoms. The van der Waals surface area contributed by atoms with Crippen molar-refractivity contribution in [2.45, 2.75) is 38.8 Å². The quantitative estimate of drug-likeness (QED) is 0.810. The fourth-order valence-corrected chi connectivity index (χ4v) is 4.36. The van der Waals surface area contributed by atoms with Gasteiger partial charge < -0.3 is 15.1 Å². The van der Waals surface area contributed by atoms with Gasteiger partial charge in [0.2, 0.25) is 11.8 Å². The molecule has 0 aromatic heterocycles. The molecular weight excluding hydrogens is 390 g/mol. The van der Waals surface area contributed by atoms with Gasteiger partial charge >= 0.3 is 0 Å². The molecule has 0 bridgehead atoms. The number of piperidine rings is 1. The maximum Gasteiger partial charge on any atom is 0.251 e. The second-order valence-corrected chi connectivity index (χ2v) is 8.60. The summed E-state index contributed by atoms with van der Waals surface area (Å²) in [4.78, 5) is 41.5. The van der Waals surface area contributed by atoms with Gasteiger partial charge in [0.1, 0.15) is 0 Å². The fourth-order valence-electron chi connectivity index (χ4n) is 4.36. The molecule has 1 atom stereocenters. The van der Waals surface area contributed by atoms with E-state index in [1.165, 1.54) is 5.56 Å². The number of nitrogens with one attached hydrogen (secondary N) is 1. The van der Waals surface area contributed by atoms with Crippen LogP contribution in [0.2, 0.25) is 0 Å². The highest BCUT2D eigenvalue weighted by atomic mass is 16.2. The average Bonchev–Trinajstić information content (AvgIpc) is 3.16. The van der Waals surface area contributed by atoms with Gasteiger partial charge in [-0.15, -0.1) is 0 Å². The lowest BCUT2D eigenvalue weighted by molar-refractivity contribution is -0.136. The number of aryl methyl sites for hydroxylation is 1. The molecule has 0 saturated carbocycles. The van der Waals surface area contributed by atoms with Gasteiger partial charge in [0.05, 0.1) is 5.92 Å². The molecule has 4 rings (SSSR count). The SMILES string of the molecule is Cc1ccc(CN2CC(C(=O)N3CCC(NC(=O)c4ccccc4)CC3)CC2=O)cc1. The second kappa shape index (κ2) is 9.33. The van der Waals surface area contributed by atoms with Crippen LogP contribution >= 0.6 is 0 Å². The van der Waals surface area contributed by atoms with E-state index >= 15 is 0 Å². The van der Waals surface area contributed by atoms with Crippen molar-refractivity contribution in [3.63, 3.8) is 0 Å². The summed E-state index contributed by atoms with van der Waals surface area (Å²) < 4.78 is 0. The van der Waals surface area contributed by atoms with E-state index in [1.807, 2.05) is 54.3 Å². The number of amides is 3. The van der Waals surface area contributed by atoms with Crippen LogP contribution in [0.1, 0.15) is 40.7 Å². The van der Waals surface area contributed by atoms with Crippen LogP contribution in [0.4, 0.5) is 0 Å². The number of hydrogen-bond acceptors (Lipinski definition) is 3. The molecule has 2 fully saturated rings. The van der Waals surface area contributed by atoms with Gasteiger partial charge in [-0.3, -0.25) is 14.4 Å². The molecule has 2 heterocycles. The van der Waals surface area contributed by atoms with Crippen molar-refractivity contribution in [2.24, 2.45) is 5.92 Å². The Balaban J connectivity index is 1.26. The van der Waals surface area contributed by atoms with E-state index in [2.05, 4.69) is 5.32 Å². The van der Waals surface area contributed by atoms with Crippen LogP contribution in [0.15, 0.2) is 54.6 Å². The van der Waals surface area contributed by atoms with Crippen molar-refractivity contribution in [3.05, 3.63) is 71.3 Å². The minimum absolute atomic E-state index is 0.0453. The summed E-state index contributed by atoms with van der Waals surface area (Å²) in [6.45, 7) is 4.30. The van der Waals surface area contributed by atoms with E-state index in [4.69, 9.17) is 0 Å². The molecule has 2 aromatic carbocycles. The topological polar surface area (TPSA) is 69.7 Å². The van der Waals surface area contributed by atoms with Gasteiger partial charge in [0.25, 0.3) is 5.91 Å². The highest BCUT2D eigenvalue weighted by Crippen LogP contribution is 2.24. The van der Waals surface area contributed by atoms with Crippen molar-refractivity contribution in [1.29, 1.82) is 0 Å². The third-order valence-electron chi connectivity index (χ3n) is 6.24. The molecule has 31 heavy (non-hydrogen) atoms. The summed E-state index contributed by atoms with van der Waals surface area (Å²) in [5, 5.41) is 3.07. The standard InChI is InChI=1S/C25H29N3O3/c1-18-7-9-19(10-8-18)16-28-17-21(15-23(28)29)25(31)27-13-11-22(12-14-27)26-24(30)20-5-3-2-4-6-20/h2-10,21-22H,11-17H2,1H3,(H,26,30). The summed E-state index contributed by atoms with van der Waals surface area (Å²) in [6.07, 6.45) is 1.76. The molecular formula is C25H29N3O3. The van der Waals surface area contributed by atoms with Gasteiger partial charge in [-0.25, -0.2) is 0 Å². The zero-order chi connectivity index (χ0) is 21.8. The third kappa shape index (κ3) is 5.13. The second-order valence-electron chi connectivity index (χ2n) is 8.60. The number of nitrogens with zero attached hydrogens (tertiary/aromatic N) is 2. The maximum absolute atomic E-state index is 13.0. The molecule has 2 saturated heterocycles. The summed E-state index contributed by atoms with van der Waals surface area (Å²) in [5.41, 5.74) is 2.93. The van der Waals surface area contributed by atoms with Crippen LogP contribution in [0.5, 0.6) is 0 Å². The molecule has 6 heteroatoms. The summed E-state index contributed by atoms with van der Waals surface area (Å²) in [6, 6.07) is 17.4. The number of likely N-dealkylation sites (tertiary alicyclic amines) is 2. The molecule has 0 radical (unpaired) electrons. The Morgan fingerprint density at radius 2 is 1.68 bits per heavy atom. The monoisotopic (exact) mass is 419 g/mol. The van der Waals surface area contributed by atoms with E-state index in [0.29, 0.717) is 31.7 Å². The molecule has 2 aromatic rings. The zero-order valence-electron chi connectivity index (χ0n) is 17.9. The largest absolute Gasteiger partial charge is 0.349 e. The number of carbonyl (C=O) groups is 3. The van der Waals surface area contributed by atoms with E-state index in [1.54, 1.807) is 17.0 Å². The molecule has 1 unspecified atom stereocenters. The van der Waals surface area contributed by atoms with Crippen LogP contribution < -0.4 is 5.32 Å². The van der Waals surface area contributed by atoms with Crippen molar-refractivity contribution in [3.8, 4) is 0 Å². The van der Waals surface area contributed by atoms with Crippen LogP contribution in [-0.2, 0) is 16.1 Å². The smallest absolute Gasteiger partial charge is 0.251 e. The van der Waals surface area contributed by atoms with E-state index in [9.17, 15) is 14.4 Å². The van der Waals surface area contributed by atoms with Gasteiger partial charge in [0, 0.05) is 44.2 Å². The highest BCUT2D eigenvalue weighted by Gasteiger charge is 2.37. The Hall–Kier alpha value is -3.15. The lowest BCUT2D eigenvalue weighted by Crippen LogP contribution is -2.48. The lowest BCUT2D eigenvalue weighted by atomic mass is 10.0. The molecule has 6 nitrogen and oxygen atoms in total. The van der Waals surface area contributed by atoms with Crippen molar-refractivity contribution in [1.82, 2.24) is 15.1 Å². The molecule has 3 amide bonds. The number of hydrogen-bond donors (Lipinski definition) is 1. The van der Waals surface area contributed by atoms with E-state index < -0.39 is 0 Å². The Kier molecular flexibility index (Phi) is 6.35. The first kappa shape index (κ1) is 21.1. The van der Waals surface area contributed by atoms with Gasteiger partial charge in [0.15, 0.2) is 0 Å². The first-order valence-corrected chi connectivity index (χ1v) is 11.0. The lowest BCUT2D eigenvalue weighted by Gasteiger charge is -2.33. The van der Waals surface area contributed by atoms with E-state index in [-0.39, 0.29) is 36.1 Å². The van der Waals surface area contributed by atoms with Gasteiger partial charge in [-0.1, -0.05) is 48.0 Å². The Bertz CT molecular complexity index is 934. The van der Waals surface area contributed by atoms with Crippen LogP contribution in [0.25, 0.3) is 0 Å².